The van der Waals surface area contributed by atoms with Gasteiger partial charge in [-0.15, -0.1) is 0 Å². The zero-order valence-corrected chi connectivity index (χ0v) is 13.9. The highest BCUT2D eigenvalue weighted by atomic mass is 16.5. The van der Waals surface area contributed by atoms with Gasteiger partial charge in [0.2, 0.25) is 0 Å². The molecule has 5 heteroatoms. The molecular weight excluding hydrogens is 290 g/mol. The summed E-state index contributed by atoms with van der Waals surface area (Å²) >= 11 is 0. The van der Waals surface area contributed by atoms with Gasteiger partial charge in [-0.2, -0.15) is 5.10 Å². The number of hydrogen-bond acceptors (Lipinski definition) is 4. The van der Waals surface area contributed by atoms with Crippen molar-refractivity contribution in [2.24, 2.45) is 0 Å². The van der Waals surface area contributed by atoms with E-state index in [1.165, 1.54) is 5.56 Å². The molecule has 1 heterocycles. The van der Waals surface area contributed by atoms with Crippen LogP contribution >= 0.6 is 0 Å². The predicted molar refractivity (Wildman–Crippen MR) is 91.3 cm³/mol. The van der Waals surface area contributed by atoms with Gasteiger partial charge in [-0.1, -0.05) is 12.1 Å². The first-order chi connectivity index (χ1) is 11.2. The minimum absolute atomic E-state index is 0.110. The van der Waals surface area contributed by atoms with Crippen molar-refractivity contribution in [1.29, 1.82) is 0 Å². The van der Waals surface area contributed by atoms with Gasteiger partial charge in [-0.05, 0) is 50.5 Å². The number of aromatic nitrogens is 2. The predicted octanol–water partition coefficient (Wildman–Crippen LogP) is 3.47. The van der Waals surface area contributed by atoms with Crippen molar-refractivity contribution >= 4 is 11.7 Å². The first-order valence-corrected chi connectivity index (χ1v) is 8.16. The highest BCUT2D eigenvalue weighted by Gasteiger charge is 2.06. The van der Waals surface area contributed by atoms with Crippen molar-refractivity contribution in [1.82, 2.24) is 9.78 Å². The van der Waals surface area contributed by atoms with Crippen LogP contribution in [0.5, 0.6) is 0 Å². The van der Waals surface area contributed by atoms with E-state index < -0.39 is 0 Å². The molecule has 0 aliphatic heterocycles. The standard InChI is InChI=1S/C18H25N3O2/c1-3-23-18(22)10-4-7-15(2)20-17-9-5-8-16(13-17)14-21-12-6-11-19-21/h5-6,8-9,11-13,15,20H,3-4,7,10,14H2,1-2H3. The van der Waals surface area contributed by atoms with Crippen LogP contribution in [0.1, 0.15) is 38.7 Å². The zero-order chi connectivity index (χ0) is 16.5. The number of nitrogens with one attached hydrogen (secondary N) is 1. The van der Waals surface area contributed by atoms with Crippen molar-refractivity contribution in [3.05, 3.63) is 48.3 Å². The van der Waals surface area contributed by atoms with E-state index >= 15 is 0 Å². The van der Waals surface area contributed by atoms with Crippen LogP contribution in [-0.2, 0) is 16.1 Å². The molecule has 5 nitrogen and oxygen atoms in total. The monoisotopic (exact) mass is 315 g/mol. The third-order valence-electron chi connectivity index (χ3n) is 3.57. The van der Waals surface area contributed by atoms with Crippen molar-refractivity contribution in [3.63, 3.8) is 0 Å². The van der Waals surface area contributed by atoms with E-state index in [2.05, 4.69) is 35.5 Å². The summed E-state index contributed by atoms with van der Waals surface area (Å²) in [5.41, 5.74) is 2.30. The summed E-state index contributed by atoms with van der Waals surface area (Å²) in [5, 5.41) is 7.71. The first kappa shape index (κ1) is 17.1. The number of benzene rings is 1. The molecule has 1 unspecified atom stereocenters. The number of esters is 1. The molecule has 124 valence electrons. The Balaban J connectivity index is 1.79. The summed E-state index contributed by atoms with van der Waals surface area (Å²) in [5.74, 6) is -0.110. The first-order valence-electron chi connectivity index (χ1n) is 8.16. The van der Waals surface area contributed by atoms with Crippen LogP contribution < -0.4 is 5.32 Å². The zero-order valence-electron chi connectivity index (χ0n) is 13.9. The second kappa shape index (κ2) is 8.98. The fraction of sp³-hybridized carbons (Fsp3) is 0.444. The molecule has 2 rings (SSSR count). The molecule has 23 heavy (non-hydrogen) atoms. The summed E-state index contributed by atoms with van der Waals surface area (Å²) < 4.78 is 6.84. The van der Waals surface area contributed by atoms with E-state index in [-0.39, 0.29) is 5.97 Å². The molecular formula is C18H25N3O2. The lowest BCUT2D eigenvalue weighted by Crippen LogP contribution is -2.16. The molecule has 0 bridgehead atoms. The van der Waals surface area contributed by atoms with Crippen LogP contribution in [0.4, 0.5) is 5.69 Å². The Morgan fingerprint density at radius 1 is 1.39 bits per heavy atom. The lowest BCUT2D eigenvalue weighted by atomic mass is 10.1. The number of nitrogens with zero attached hydrogens (tertiary/aromatic N) is 2. The molecule has 0 amide bonds. The van der Waals surface area contributed by atoms with Gasteiger partial charge >= 0.3 is 5.97 Å². The lowest BCUT2D eigenvalue weighted by Gasteiger charge is -2.16. The third-order valence-corrected chi connectivity index (χ3v) is 3.57. The fourth-order valence-electron chi connectivity index (χ4n) is 2.48. The minimum atomic E-state index is -0.110. The van der Waals surface area contributed by atoms with Gasteiger partial charge in [0.1, 0.15) is 0 Å². The van der Waals surface area contributed by atoms with E-state index in [0.717, 1.165) is 25.1 Å². The van der Waals surface area contributed by atoms with E-state index in [9.17, 15) is 4.79 Å². The van der Waals surface area contributed by atoms with E-state index in [0.29, 0.717) is 19.1 Å². The Kier molecular flexibility index (Phi) is 6.66. The Bertz CT molecular complexity index is 596. The maximum Gasteiger partial charge on any atom is 0.305 e. The van der Waals surface area contributed by atoms with Crippen LogP contribution in [0, 0.1) is 0 Å². The molecule has 0 saturated carbocycles. The molecule has 0 aliphatic rings. The Labute approximate surface area is 137 Å². The number of ether oxygens (including phenoxy) is 1. The quantitative estimate of drug-likeness (QED) is 0.720. The van der Waals surface area contributed by atoms with Crippen LogP contribution in [0.25, 0.3) is 0 Å². The molecule has 1 N–H and O–H groups in total. The molecule has 1 aromatic carbocycles. The van der Waals surface area contributed by atoms with Crippen molar-refractivity contribution in [3.8, 4) is 0 Å². The maximum atomic E-state index is 11.3. The Hall–Kier alpha value is -2.30. The summed E-state index contributed by atoms with van der Waals surface area (Å²) in [6.07, 6.45) is 5.99. The molecule has 1 aromatic heterocycles. The van der Waals surface area contributed by atoms with Gasteiger partial charge in [0, 0.05) is 30.5 Å². The molecule has 0 saturated heterocycles. The molecule has 0 radical (unpaired) electrons. The maximum absolute atomic E-state index is 11.3. The van der Waals surface area contributed by atoms with Gasteiger partial charge < -0.3 is 10.1 Å². The topological polar surface area (TPSA) is 56.1 Å². The molecule has 0 spiro atoms. The van der Waals surface area contributed by atoms with Gasteiger partial charge in [0.15, 0.2) is 0 Å². The number of hydrogen-bond donors (Lipinski definition) is 1. The van der Waals surface area contributed by atoms with E-state index in [4.69, 9.17) is 4.74 Å². The third kappa shape index (κ3) is 6.14. The van der Waals surface area contributed by atoms with Crippen molar-refractivity contribution < 1.29 is 9.53 Å². The SMILES string of the molecule is CCOC(=O)CCCC(C)Nc1cccc(Cn2cccn2)c1. The largest absolute Gasteiger partial charge is 0.466 e. The molecule has 1 atom stereocenters. The van der Waals surface area contributed by atoms with Gasteiger partial charge in [0.25, 0.3) is 0 Å². The molecule has 0 aliphatic carbocycles. The molecule has 2 aromatic rings. The van der Waals surface area contributed by atoms with Crippen LogP contribution in [-0.4, -0.2) is 28.4 Å². The highest BCUT2D eigenvalue weighted by molar-refractivity contribution is 5.69. The number of carbonyl (C=O) groups is 1. The Morgan fingerprint density at radius 3 is 3.00 bits per heavy atom. The molecule has 0 fully saturated rings. The van der Waals surface area contributed by atoms with Crippen LogP contribution in [0.2, 0.25) is 0 Å². The summed E-state index contributed by atoms with van der Waals surface area (Å²) in [4.78, 5) is 11.3. The second-order valence-electron chi connectivity index (χ2n) is 5.65. The summed E-state index contributed by atoms with van der Waals surface area (Å²) in [7, 11) is 0. The average Bonchev–Trinajstić information content (AvgIpc) is 3.01. The van der Waals surface area contributed by atoms with Gasteiger partial charge in [-0.3, -0.25) is 9.48 Å². The van der Waals surface area contributed by atoms with E-state index in [1.807, 2.05) is 29.9 Å². The van der Waals surface area contributed by atoms with Gasteiger partial charge in [0.05, 0.1) is 13.2 Å². The van der Waals surface area contributed by atoms with Crippen LogP contribution in [0.3, 0.4) is 0 Å². The Morgan fingerprint density at radius 2 is 2.26 bits per heavy atom. The van der Waals surface area contributed by atoms with Crippen molar-refractivity contribution in [2.45, 2.75) is 45.7 Å². The van der Waals surface area contributed by atoms with Gasteiger partial charge in [-0.25, -0.2) is 0 Å². The fourth-order valence-corrected chi connectivity index (χ4v) is 2.48. The summed E-state index contributed by atoms with van der Waals surface area (Å²) in [6, 6.07) is 10.6. The van der Waals surface area contributed by atoms with E-state index in [1.54, 1.807) is 6.20 Å². The number of rotatable bonds is 9. The normalized spacial score (nSPS) is 11.9. The smallest absolute Gasteiger partial charge is 0.305 e. The average molecular weight is 315 g/mol. The second-order valence-corrected chi connectivity index (χ2v) is 5.65. The minimum Gasteiger partial charge on any atom is -0.466 e. The number of carbonyl (C=O) groups excluding carboxylic acids is 1. The van der Waals surface area contributed by atoms with Crippen LogP contribution in [0.15, 0.2) is 42.7 Å². The lowest BCUT2D eigenvalue weighted by molar-refractivity contribution is -0.143. The summed E-state index contributed by atoms with van der Waals surface area (Å²) in [6.45, 7) is 5.18. The number of anilines is 1. The highest BCUT2D eigenvalue weighted by Crippen LogP contribution is 2.15. The van der Waals surface area contributed by atoms with Crippen molar-refractivity contribution in [2.75, 3.05) is 11.9 Å².